The Labute approximate surface area is 100 Å². The molecule has 0 radical (unpaired) electrons. The predicted octanol–water partition coefficient (Wildman–Crippen LogP) is -0.825. The molecule has 0 aromatic carbocycles. The number of nitrogens with one attached hydrogen (secondary N) is 1. The van der Waals surface area contributed by atoms with Crippen molar-refractivity contribution in [3.05, 3.63) is 12.4 Å². The van der Waals surface area contributed by atoms with E-state index in [1.165, 1.54) is 28.9 Å². The van der Waals surface area contributed by atoms with Crippen LogP contribution in [0.3, 0.4) is 0 Å². The van der Waals surface area contributed by atoms with Crippen LogP contribution in [0.2, 0.25) is 0 Å². The summed E-state index contributed by atoms with van der Waals surface area (Å²) in [7, 11) is 1.05. The van der Waals surface area contributed by atoms with E-state index in [2.05, 4.69) is 9.82 Å². The number of rotatable bonds is 4. The molecule has 1 heterocycles. The Balaban J connectivity index is 2.84. The number of sulfonamides is 1. The summed E-state index contributed by atoms with van der Waals surface area (Å²) in [4.78, 5) is 12.9. The Morgan fingerprint density at radius 3 is 2.53 bits per heavy atom. The van der Waals surface area contributed by atoms with E-state index >= 15 is 0 Å². The van der Waals surface area contributed by atoms with Gasteiger partial charge in [-0.3, -0.25) is 9.48 Å². The minimum Gasteiger partial charge on any atom is -0.347 e. The first-order valence-electron chi connectivity index (χ1n) is 4.96. The molecule has 1 atom stereocenters. The van der Waals surface area contributed by atoms with E-state index in [9.17, 15) is 13.2 Å². The van der Waals surface area contributed by atoms with Gasteiger partial charge < -0.3 is 4.90 Å². The van der Waals surface area contributed by atoms with Gasteiger partial charge in [0.2, 0.25) is 15.9 Å². The SMILES string of the molecule is C[C@@H](NS(=O)(=O)c1cnn(C)c1)C(=O)N(C)C. The zero-order valence-electron chi connectivity index (χ0n) is 10.2. The topological polar surface area (TPSA) is 84.3 Å². The fourth-order valence-electron chi connectivity index (χ4n) is 1.28. The minimum absolute atomic E-state index is 0.0402. The van der Waals surface area contributed by atoms with Gasteiger partial charge in [-0.1, -0.05) is 0 Å². The van der Waals surface area contributed by atoms with Crippen molar-refractivity contribution < 1.29 is 13.2 Å². The van der Waals surface area contributed by atoms with Gasteiger partial charge in [-0.25, -0.2) is 8.42 Å². The number of aromatic nitrogens is 2. The van der Waals surface area contributed by atoms with E-state index < -0.39 is 16.1 Å². The van der Waals surface area contributed by atoms with Crippen molar-refractivity contribution in [2.24, 2.45) is 7.05 Å². The van der Waals surface area contributed by atoms with Crippen molar-refractivity contribution in [3.8, 4) is 0 Å². The first-order chi connectivity index (χ1) is 7.74. The van der Waals surface area contributed by atoms with Crippen LogP contribution < -0.4 is 4.72 Å². The second-order valence-corrected chi connectivity index (χ2v) is 5.64. The van der Waals surface area contributed by atoms with Gasteiger partial charge in [0.15, 0.2) is 0 Å². The lowest BCUT2D eigenvalue weighted by atomic mass is 10.3. The molecule has 96 valence electrons. The van der Waals surface area contributed by atoms with E-state index in [1.807, 2.05) is 0 Å². The average Bonchev–Trinajstić information content (AvgIpc) is 2.63. The molecular formula is C9H16N4O3S. The van der Waals surface area contributed by atoms with Crippen LogP contribution in [0, 0.1) is 0 Å². The van der Waals surface area contributed by atoms with Gasteiger partial charge in [0.1, 0.15) is 4.90 Å². The number of nitrogens with zero attached hydrogens (tertiary/aromatic N) is 3. The largest absolute Gasteiger partial charge is 0.347 e. The third-order valence-electron chi connectivity index (χ3n) is 2.13. The van der Waals surface area contributed by atoms with Crippen LogP contribution in [-0.2, 0) is 21.9 Å². The Morgan fingerprint density at radius 1 is 1.53 bits per heavy atom. The molecule has 0 aliphatic carbocycles. The molecule has 1 amide bonds. The Bertz CT molecular complexity index is 506. The second kappa shape index (κ2) is 4.84. The zero-order chi connectivity index (χ0) is 13.2. The van der Waals surface area contributed by atoms with E-state index in [0.29, 0.717) is 0 Å². The molecule has 0 saturated carbocycles. The van der Waals surface area contributed by atoms with Gasteiger partial charge in [-0.2, -0.15) is 9.82 Å². The molecule has 1 N–H and O–H groups in total. The third kappa shape index (κ3) is 3.27. The monoisotopic (exact) mass is 260 g/mol. The van der Waals surface area contributed by atoms with E-state index in [4.69, 9.17) is 0 Å². The second-order valence-electron chi connectivity index (χ2n) is 3.93. The average molecular weight is 260 g/mol. The van der Waals surface area contributed by atoms with Crippen LogP contribution in [-0.4, -0.2) is 49.1 Å². The molecule has 0 unspecified atom stereocenters. The summed E-state index contributed by atoms with van der Waals surface area (Å²) in [5.74, 6) is -0.308. The van der Waals surface area contributed by atoms with Crippen LogP contribution in [0.4, 0.5) is 0 Å². The number of hydrogen-bond acceptors (Lipinski definition) is 4. The van der Waals surface area contributed by atoms with Gasteiger partial charge in [0, 0.05) is 27.3 Å². The molecule has 8 heteroatoms. The predicted molar refractivity (Wildman–Crippen MR) is 61.7 cm³/mol. The highest BCUT2D eigenvalue weighted by molar-refractivity contribution is 7.89. The highest BCUT2D eigenvalue weighted by Gasteiger charge is 2.23. The maximum absolute atomic E-state index is 11.8. The van der Waals surface area contributed by atoms with Crippen molar-refractivity contribution in [1.82, 2.24) is 19.4 Å². The summed E-state index contributed by atoms with van der Waals surface area (Å²) >= 11 is 0. The Morgan fingerprint density at radius 2 is 2.12 bits per heavy atom. The number of likely N-dealkylation sites (N-methyl/N-ethyl adjacent to an activating group) is 1. The van der Waals surface area contributed by atoms with Crippen molar-refractivity contribution in [2.75, 3.05) is 14.1 Å². The number of hydrogen-bond donors (Lipinski definition) is 1. The maximum atomic E-state index is 11.8. The zero-order valence-corrected chi connectivity index (χ0v) is 11.0. The number of carbonyl (C=O) groups is 1. The van der Waals surface area contributed by atoms with Crippen molar-refractivity contribution in [3.63, 3.8) is 0 Å². The van der Waals surface area contributed by atoms with E-state index in [0.717, 1.165) is 0 Å². The molecule has 0 saturated heterocycles. The van der Waals surface area contributed by atoms with Crippen LogP contribution in [0.15, 0.2) is 17.3 Å². The molecule has 0 aliphatic rings. The molecule has 0 fully saturated rings. The van der Waals surface area contributed by atoms with Gasteiger partial charge in [0.05, 0.1) is 12.2 Å². The smallest absolute Gasteiger partial charge is 0.244 e. The first kappa shape index (κ1) is 13.7. The standard InChI is InChI=1S/C9H16N4O3S/c1-7(9(14)12(2)3)11-17(15,16)8-5-10-13(4)6-8/h5-7,11H,1-4H3/t7-/m1/s1. The van der Waals surface area contributed by atoms with Gasteiger partial charge >= 0.3 is 0 Å². The van der Waals surface area contributed by atoms with Crippen molar-refractivity contribution >= 4 is 15.9 Å². The lowest BCUT2D eigenvalue weighted by Crippen LogP contribution is -2.44. The molecule has 1 rings (SSSR count). The van der Waals surface area contributed by atoms with Gasteiger partial charge in [-0.05, 0) is 6.92 Å². The summed E-state index contributed by atoms with van der Waals surface area (Å²) in [6, 6.07) is -0.810. The van der Waals surface area contributed by atoms with Crippen molar-refractivity contribution in [2.45, 2.75) is 17.9 Å². The lowest BCUT2D eigenvalue weighted by Gasteiger charge is -2.17. The summed E-state index contributed by atoms with van der Waals surface area (Å²) in [6.45, 7) is 1.50. The molecular weight excluding hydrogens is 244 g/mol. The number of carbonyl (C=O) groups excluding carboxylic acids is 1. The molecule has 1 aromatic heterocycles. The summed E-state index contributed by atoms with van der Waals surface area (Å²) in [5, 5.41) is 3.77. The maximum Gasteiger partial charge on any atom is 0.244 e. The first-order valence-corrected chi connectivity index (χ1v) is 6.44. The van der Waals surface area contributed by atoms with Gasteiger partial charge in [-0.15, -0.1) is 0 Å². The van der Waals surface area contributed by atoms with E-state index in [-0.39, 0.29) is 10.8 Å². The normalized spacial score (nSPS) is 13.4. The van der Waals surface area contributed by atoms with Crippen molar-refractivity contribution in [1.29, 1.82) is 0 Å². The van der Waals surface area contributed by atoms with E-state index in [1.54, 1.807) is 21.1 Å². The molecule has 1 aromatic rings. The van der Waals surface area contributed by atoms with Crippen LogP contribution in [0.25, 0.3) is 0 Å². The van der Waals surface area contributed by atoms with Gasteiger partial charge in [0.25, 0.3) is 0 Å². The van der Waals surface area contributed by atoms with Crippen LogP contribution in [0.1, 0.15) is 6.92 Å². The minimum atomic E-state index is -3.70. The highest BCUT2D eigenvalue weighted by atomic mass is 32.2. The molecule has 17 heavy (non-hydrogen) atoms. The Hall–Kier alpha value is -1.41. The summed E-state index contributed by atoms with van der Waals surface area (Å²) < 4.78 is 27.4. The molecule has 7 nitrogen and oxygen atoms in total. The fraction of sp³-hybridized carbons (Fsp3) is 0.556. The number of amides is 1. The molecule has 0 bridgehead atoms. The summed E-state index contributed by atoms with van der Waals surface area (Å²) in [6.07, 6.45) is 2.60. The molecule has 0 aliphatic heterocycles. The lowest BCUT2D eigenvalue weighted by molar-refractivity contribution is -0.130. The summed E-state index contributed by atoms with van der Waals surface area (Å²) in [5.41, 5.74) is 0. The highest BCUT2D eigenvalue weighted by Crippen LogP contribution is 2.07. The quantitative estimate of drug-likeness (QED) is 0.766. The van der Waals surface area contributed by atoms with Crippen LogP contribution in [0.5, 0.6) is 0 Å². The Kier molecular flexibility index (Phi) is 3.89. The number of aryl methyl sites for hydroxylation is 1. The van der Waals surface area contributed by atoms with Crippen LogP contribution >= 0.6 is 0 Å². The third-order valence-corrected chi connectivity index (χ3v) is 3.63. The fourth-order valence-corrected chi connectivity index (χ4v) is 2.46. The molecule has 0 spiro atoms.